The lowest BCUT2D eigenvalue weighted by Crippen LogP contribution is -2.02. The maximum atomic E-state index is 9.82. The Labute approximate surface area is 81.2 Å². The molecule has 2 heterocycles. The van der Waals surface area contributed by atoms with E-state index in [2.05, 4.69) is 9.97 Å². The normalized spacial score (nSPS) is 12.7. The smallest absolute Gasteiger partial charge is 0.153 e. The minimum Gasteiger partial charge on any atom is -0.466 e. The monoisotopic (exact) mass is 190 g/mol. The third-order valence-corrected chi connectivity index (χ3v) is 1.89. The Hall–Kier alpha value is -1.68. The van der Waals surface area contributed by atoms with E-state index in [1.54, 1.807) is 31.3 Å². The minimum absolute atomic E-state index is 0.489. The van der Waals surface area contributed by atoms with Crippen LogP contribution in [0.4, 0.5) is 0 Å². The van der Waals surface area contributed by atoms with E-state index in [4.69, 9.17) is 4.42 Å². The summed E-state index contributed by atoms with van der Waals surface area (Å²) in [5.74, 6) is 1.12. The predicted octanol–water partition coefficient (Wildman–Crippen LogP) is 1.46. The van der Waals surface area contributed by atoms with Crippen molar-refractivity contribution in [2.24, 2.45) is 0 Å². The van der Waals surface area contributed by atoms with E-state index in [0.717, 1.165) is 0 Å². The third kappa shape index (κ3) is 1.65. The first-order chi connectivity index (χ1) is 6.77. The zero-order valence-corrected chi connectivity index (χ0v) is 7.71. The van der Waals surface area contributed by atoms with Crippen LogP contribution in [0.5, 0.6) is 0 Å². The largest absolute Gasteiger partial charge is 0.466 e. The van der Waals surface area contributed by atoms with Gasteiger partial charge in [0.2, 0.25) is 0 Å². The molecule has 2 aromatic rings. The highest BCUT2D eigenvalue weighted by Gasteiger charge is 2.14. The van der Waals surface area contributed by atoms with E-state index < -0.39 is 6.10 Å². The van der Waals surface area contributed by atoms with E-state index in [0.29, 0.717) is 17.3 Å². The Morgan fingerprint density at radius 3 is 2.93 bits per heavy atom. The van der Waals surface area contributed by atoms with Gasteiger partial charge in [0, 0.05) is 6.20 Å². The van der Waals surface area contributed by atoms with E-state index in [1.807, 2.05) is 0 Å². The summed E-state index contributed by atoms with van der Waals surface area (Å²) >= 11 is 0. The fourth-order valence-electron chi connectivity index (χ4n) is 1.22. The van der Waals surface area contributed by atoms with Crippen LogP contribution in [0.1, 0.15) is 23.4 Å². The van der Waals surface area contributed by atoms with Crippen molar-refractivity contribution in [3.63, 3.8) is 0 Å². The van der Waals surface area contributed by atoms with Gasteiger partial charge in [-0.2, -0.15) is 0 Å². The van der Waals surface area contributed by atoms with Crippen molar-refractivity contribution in [1.29, 1.82) is 0 Å². The zero-order valence-electron chi connectivity index (χ0n) is 7.71. The molecule has 72 valence electrons. The zero-order chi connectivity index (χ0) is 9.97. The number of aliphatic hydroxyl groups excluding tert-OH is 1. The molecule has 0 fully saturated rings. The molecule has 4 heteroatoms. The quantitative estimate of drug-likeness (QED) is 0.778. The molecule has 2 aromatic heterocycles. The molecular weight excluding hydrogens is 180 g/mol. The van der Waals surface area contributed by atoms with Crippen molar-refractivity contribution in [2.45, 2.75) is 13.0 Å². The number of nitrogens with zero attached hydrogens (tertiary/aromatic N) is 2. The van der Waals surface area contributed by atoms with Crippen LogP contribution in [-0.2, 0) is 0 Å². The van der Waals surface area contributed by atoms with Crippen molar-refractivity contribution in [1.82, 2.24) is 9.97 Å². The summed E-state index contributed by atoms with van der Waals surface area (Å²) < 4.78 is 5.08. The molecular formula is C10H10N2O2. The molecule has 2 rings (SSSR count). The Balaban J connectivity index is 2.32. The van der Waals surface area contributed by atoms with Crippen LogP contribution in [0.2, 0.25) is 0 Å². The molecule has 0 amide bonds. The van der Waals surface area contributed by atoms with Crippen molar-refractivity contribution in [3.05, 3.63) is 47.9 Å². The fraction of sp³-hybridized carbons (Fsp3) is 0.200. The van der Waals surface area contributed by atoms with Gasteiger partial charge >= 0.3 is 0 Å². The van der Waals surface area contributed by atoms with Gasteiger partial charge in [0.15, 0.2) is 6.10 Å². The Morgan fingerprint density at radius 1 is 1.43 bits per heavy atom. The van der Waals surface area contributed by atoms with Gasteiger partial charge in [-0.25, -0.2) is 9.97 Å². The van der Waals surface area contributed by atoms with Gasteiger partial charge in [-0.15, -0.1) is 0 Å². The highest BCUT2D eigenvalue weighted by atomic mass is 16.4. The molecule has 14 heavy (non-hydrogen) atoms. The number of hydrogen-bond donors (Lipinski definition) is 1. The van der Waals surface area contributed by atoms with Gasteiger partial charge in [-0.3, -0.25) is 0 Å². The second kappa shape index (κ2) is 3.59. The second-order valence-corrected chi connectivity index (χ2v) is 2.95. The molecule has 4 nitrogen and oxygen atoms in total. The van der Waals surface area contributed by atoms with Crippen LogP contribution in [0.3, 0.4) is 0 Å². The van der Waals surface area contributed by atoms with Gasteiger partial charge in [-0.05, 0) is 25.1 Å². The maximum absolute atomic E-state index is 9.82. The number of hydrogen-bond acceptors (Lipinski definition) is 4. The van der Waals surface area contributed by atoms with E-state index in [-0.39, 0.29) is 0 Å². The summed E-state index contributed by atoms with van der Waals surface area (Å²) in [6.07, 6.45) is 2.32. The molecule has 0 radical (unpaired) electrons. The summed E-state index contributed by atoms with van der Waals surface area (Å²) in [6, 6.07) is 5.11. The average Bonchev–Trinajstić information content (AvgIpc) is 2.69. The number of furan rings is 1. The van der Waals surface area contributed by atoms with Crippen LogP contribution < -0.4 is 0 Å². The summed E-state index contributed by atoms with van der Waals surface area (Å²) in [7, 11) is 0. The fourth-order valence-corrected chi connectivity index (χ4v) is 1.22. The van der Waals surface area contributed by atoms with Crippen LogP contribution in [0, 0.1) is 6.92 Å². The van der Waals surface area contributed by atoms with Crippen LogP contribution >= 0.6 is 0 Å². The van der Waals surface area contributed by atoms with Crippen LogP contribution in [-0.4, -0.2) is 15.1 Å². The molecule has 0 saturated heterocycles. The van der Waals surface area contributed by atoms with Gasteiger partial charge in [0.1, 0.15) is 11.6 Å². The van der Waals surface area contributed by atoms with Crippen molar-refractivity contribution >= 4 is 0 Å². The molecule has 0 spiro atoms. The first-order valence-corrected chi connectivity index (χ1v) is 4.28. The van der Waals surface area contributed by atoms with Crippen LogP contribution in [0.15, 0.2) is 35.1 Å². The average molecular weight is 190 g/mol. The van der Waals surface area contributed by atoms with Crippen molar-refractivity contribution in [2.75, 3.05) is 0 Å². The Morgan fingerprint density at radius 2 is 2.29 bits per heavy atom. The Kier molecular flexibility index (Phi) is 2.28. The summed E-state index contributed by atoms with van der Waals surface area (Å²) in [5.41, 5.74) is 0.549. The summed E-state index contributed by atoms with van der Waals surface area (Å²) in [4.78, 5) is 8.06. The number of aromatic nitrogens is 2. The number of rotatable bonds is 2. The summed E-state index contributed by atoms with van der Waals surface area (Å²) in [5, 5.41) is 9.82. The highest BCUT2D eigenvalue weighted by Crippen LogP contribution is 2.19. The highest BCUT2D eigenvalue weighted by molar-refractivity contribution is 5.16. The molecule has 0 aliphatic carbocycles. The van der Waals surface area contributed by atoms with Gasteiger partial charge < -0.3 is 9.52 Å². The lowest BCUT2D eigenvalue weighted by atomic mass is 10.2. The maximum Gasteiger partial charge on any atom is 0.153 e. The molecule has 0 aliphatic heterocycles. The van der Waals surface area contributed by atoms with Gasteiger partial charge in [0.25, 0.3) is 0 Å². The number of aryl methyl sites for hydroxylation is 1. The van der Waals surface area contributed by atoms with E-state index in [1.165, 1.54) is 6.26 Å². The predicted molar refractivity (Wildman–Crippen MR) is 49.5 cm³/mol. The topological polar surface area (TPSA) is 59.2 Å². The lowest BCUT2D eigenvalue weighted by Gasteiger charge is -2.06. The van der Waals surface area contributed by atoms with Crippen LogP contribution in [0.25, 0.3) is 0 Å². The first-order valence-electron chi connectivity index (χ1n) is 4.28. The molecule has 0 aliphatic rings. The molecule has 0 aromatic carbocycles. The van der Waals surface area contributed by atoms with E-state index >= 15 is 0 Å². The van der Waals surface area contributed by atoms with Gasteiger partial charge in [-0.1, -0.05) is 0 Å². The molecule has 1 atom stereocenters. The second-order valence-electron chi connectivity index (χ2n) is 2.95. The standard InChI is InChI=1S/C10H10N2O2/c1-7-11-5-4-8(12-7)10(13)9-3-2-6-14-9/h2-6,10,13H,1H3. The lowest BCUT2D eigenvalue weighted by molar-refractivity contribution is 0.184. The third-order valence-electron chi connectivity index (χ3n) is 1.89. The number of aliphatic hydroxyl groups is 1. The SMILES string of the molecule is Cc1nccc(C(O)c2ccco2)n1. The van der Waals surface area contributed by atoms with Gasteiger partial charge in [0.05, 0.1) is 12.0 Å². The van der Waals surface area contributed by atoms with E-state index in [9.17, 15) is 5.11 Å². The molecule has 0 saturated carbocycles. The molecule has 1 unspecified atom stereocenters. The van der Waals surface area contributed by atoms with Crippen molar-refractivity contribution in [3.8, 4) is 0 Å². The summed E-state index contributed by atoms with van der Waals surface area (Å²) in [6.45, 7) is 1.78. The first kappa shape index (κ1) is 8.90. The minimum atomic E-state index is -0.813. The Bertz CT molecular complexity index is 412. The molecule has 0 bridgehead atoms. The molecule has 1 N–H and O–H groups in total. The van der Waals surface area contributed by atoms with Crippen molar-refractivity contribution < 1.29 is 9.52 Å².